The first-order chi connectivity index (χ1) is 12.3. The number of halogens is 1. The molecule has 3 rings (SSSR count). The molecule has 3 aromatic rings. The lowest BCUT2D eigenvalue weighted by Gasteiger charge is -2.12. The Kier molecular flexibility index (Phi) is 4.47. The third-order valence-electron chi connectivity index (χ3n) is 3.71. The van der Waals surface area contributed by atoms with Gasteiger partial charge in [-0.2, -0.15) is 5.10 Å². The second-order valence-corrected chi connectivity index (χ2v) is 7.16. The van der Waals surface area contributed by atoms with Crippen LogP contribution in [-0.2, 0) is 10.0 Å². The summed E-state index contributed by atoms with van der Waals surface area (Å²) in [5.41, 5.74) is 0.347. The lowest BCUT2D eigenvalue weighted by molar-refractivity contribution is 0.0698. The fourth-order valence-corrected chi connectivity index (χ4v) is 3.47. The lowest BCUT2D eigenvalue weighted by atomic mass is 10.1. The number of sulfonamides is 1. The highest BCUT2D eigenvalue weighted by atomic mass is 32.2. The van der Waals surface area contributed by atoms with E-state index in [1.54, 1.807) is 19.1 Å². The van der Waals surface area contributed by atoms with Gasteiger partial charge in [0.2, 0.25) is 0 Å². The van der Waals surface area contributed by atoms with E-state index in [9.17, 15) is 22.7 Å². The molecule has 0 bridgehead atoms. The Morgan fingerprint density at radius 3 is 2.62 bits per heavy atom. The molecule has 7 nitrogen and oxygen atoms in total. The van der Waals surface area contributed by atoms with E-state index in [2.05, 4.69) is 9.82 Å². The van der Waals surface area contributed by atoms with Gasteiger partial charge in [0.25, 0.3) is 10.0 Å². The molecule has 0 atom stereocenters. The SMILES string of the molecule is Cc1cccc(C(=O)O)c1NS(=O)(=O)c1cnn(-c2ccccc2F)c1. The van der Waals surface area contributed by atoms with Crippen LogP contribution in [0.2, 0.25) is 0 Å². The van der Waals surface area contributed by atoms with Gasteiger partial charge in [0, 0.05) is 0 Å². The molecule has 9 heteroatoms. The number of carbonyl (C=O) groups is 1. The predicted molar refractivity (Wildman–Crippen MR) is 92.5 cm³/mol. The molecular weight excluding hydrogens is 361 g/mol. The molecular formula is C17H14FN3O4S. The van der Waals surface area contributed by atoms with Crippen molar-refractivity contribution < 1.29 is 22.7 Å². The first-order valence-corrected chi connectivity index (χ1v) is 8.93. The molecule has 0 saturated heterocycles. The van der Waals surface area contributed by atoms with Crippen LogP contribution in [0.1, 0.15) is 15.9 Å². The van der Waals surface area contributed by atoms with E-state index in [4.69, 9.17) is 0 Å². The number of para-hydroxylation sites is 2. The summed E-state index contributed by atoms with van der Waals surface area (Å²) < 4.78 is 42.4. The van der Waals surface area contributed by atoms with Gasteiger partial charge in [-0.15, -0.1) is 0 Å². The molecule has 0 amide bonds. The van der Waals surface area contributed by atoms with Gasteiger partial charge in [-0.25, -0.2) is 22.3 Å². The van der Waals surface area contributed by atoms with Crippen LogP contribution >= 0.6 is 0 Å². The zero-order chi connectivity index (χ0) is 18.9. The third kappa shape index (κ3) is 3.29. The molecule has 2 aromatic carbocycles. The average Bonchev–Trinajstić information content (AvgIpc) is 3.07. The highest BCUT2D eigenvalue weighted by Crippen LogP contribution is 2.24. The predicted octanol–water partition coefficient (Wildman–Crippen LogP) is 2.82. The number of nitrogens with zero attached hydrogens (tertiary/aromatic N) is 2. The smallest absolute Gasteiger partial charge is 0.337 e. The Balaban J connectivity index is 1.99. The summed E-state index contributed by atoms with van der Waals surface area (Å²) in [5, 5.41) is 13.1. The zero-order valence-corrected chi connectivity index (χ0v) is 14.4. The monoisotopic (exact) mass is 375 g/mol. The summed E-state index contributed by atoms with van der Waals surface area (Å²) in [6.45, 7) is 1.59. The fraction of sp³-hybridized carbons (Fsp3) is 0.0588. The molecule has 1 heterocycles. The second-order valence-electron chi connectivity index (χ2n) is 5.48. The molecule has 0 saturated carbocycles. The fourth-order valence-electron chi connectivity index (χ4n) is 2.39. The maximum Gasteiger partial charge on any atom is 0.337 e. The molecule has 0 unspecified atom stereocenters. The van der Waals surface area contributed by atoms with Crippen molar-refractivity contribution in [1.82, 2.24) is 9.78 Å². The number of aromatic nitrogens is 2. The number of carboxylic acid groups (broad SMARTS) is 1. The van der Waals surface area contributed by atoms with Crippen molar-refractivity contribution in [3.8, 4) is 5.69 Å². The Morgan fingerprint density at radius 2 is 1.92 bits per heavy atom. The maximum atomic E-state index is 13.8. The van der Waals surface area contributed by atoms with Gasteiger partial charge in [-0.05, 0) is 30.7 Å². The molecule has 0 radical (unpaired) electrons. The molecule has 0 aliphatic heterocycles. The van der Waals surface area contributed by atoms with E-state index in [0.717, 1.165) is 17.1 Å². The van der Waals surface area contributed by atoms with E-state index in [-0.39, 0.29) is 21.8 Å². The van der Waals surface area contributed by atoms with Crippen molar-refractivity contribution in [2.24, 2.45) is 0 Å². The van der Waals surface area contributed by atoms with Crippen molar-refractivity contribution in [3.63, 3.8) is 0 Å². The molecule has 1 aromatic heterocycles. The molecule has 2 N–H and O–H groups in total. The Hall–Kier alpha value is -3.20. The molecule has 0 fully saturated rings. The van der Waals surface area contributed by atoms with Gasteiger partial charge in [0.15, 0.2) is 0 Å². The topological polar surface area (TPSA) is 101 Å². The van der Waals surface area contributed by atoms with Crippen LogP contribution in [0.5, 0.6) is 0 Å². The molecule has 26 heavy (non-hydrogen) atoms. The number of rotatable bonds is 5. The van der Waals surface area contributed by atoms with E-state index < -0.39 is 21.8 Å². The van der Waals surface area contributed by atoms with Gasteiger partial charge in [0.05, 0.1) is 23.6 Å². The first kappa shape index (κ1) is 17.6. The van der Waals surface area contributed by atoms with Crippen LogP contribution in [-0.4, -0.2) is 29.3 Å². The maximum absolute atomic E-state index is 13.8. The summed E-state index contributed by atoms with van der Waals surface area (Å²) in [5.74, 6) is -1.81. The van der Waals surface area contributed by atoms with Crippen molar-refractivity contribution >= 4 is 21.7 Å². The summed E-state index contributed by atoms with van der Waals surface area (Å²) in [6, 6.07) is 10.2. The van der Waals surface area contributed by atoms with E-state index in [1.165, 1.54) is 30.3 Å². The largest absolute Gasteiger partial charge is 0.478 e. The van der Waals surface area contributed by atoms with Crippen LogP contribution in [0.25, 0.3) is 5.69 Å². The second kappa shape index (κ2) is 6.60. The summed E-state index contributed by atoms with van der Waals surface area (Å²) >= 11 is 0. The first-order valence-electron chi connectivity index (χ1n) is 7.45. The van der Waals surface area contributed by atoms with Crippen molar-refractivity contribution in [2.75, 3.05) is 4.72 Å². The Bertz CT molecular complexity index is 1090. The van der Waals surface area contributed by atoms with Crippen LogP contribution in [0.3, 0.4) is 0 Å². The minimum Gasteiger partial charge on any atom is -0.478 e. The number of anilines is 1. The molecule has 0 spiro atoms. The van der Waals surface area contributed by atoms with E-state index in [0.29, 0.717) is 5.56 Å². The van der Waals surface area contributed by atoms with Gasteiger partial charge in [-0.3, -0.25) is 4.72 Å². The zero-order valence-electron chi connectivity index (χ0n) is 13.5. The van der Waals surface area contributed by atoms with Gasteiger partial charge < -0.3 is 5.11 Å². The minimum absolute atomic E-state index is 0.0290. The number of aromatic carboxylic acids is 1. The van der Waals surface area contributed by atoms with Gasteiger partial charge in [0.1, 0.15) is 16.4 Å². The number of nitrogens with one attached hydrogen (secondary N) is 1. The molecule has 0 aliphatic rings. The van der Waals surface area contributed by atoms with Crippen molar-refractivity contribution in [1.29, 1.82) is 0 Å². The number of aryl methyl sites for hydroxylation is 1. The summed E-state index contributed by atoms with van der Waals surface area (Å²) in [6.07, 6.45) is 2.22. The van der Waals surface area contributed by atoms with Crippen molar-refractivity contribution in [3.05, 3.63) is 71.8 Å². The highest BCUT2D eigenvalue weighted by molar-refractivity contribution is 7.92. The van der Waals surface area contributed by atoms with Crippen molar-refractivity contribution in [2.45, 2.75) is 11.8 Å². The minimum atomic E-state index is -4.11. The number of benzene rings is 2. The molecule has 134 valence electrons. The average molecular weight is 375 g/mol. The quantitative estimate of drug-likeness (QED) is 0.714. The van der Waals surface area contributed by atoms with Crippen LogP contribution in [0, 0.1) is 12.7 Å². The van der Waals surface area contributed by atoms with Gasteiger partial charge >= 0.3 is 5.97 Å². The Morgan fingerprint density at radius 1 is 1.19 bits per heavy atom. The third-order valence-corrected chi connectivity index (χ3v) is 5.01. The molecule has 0 aliphatic carbocycles. The number of carboxylic acids is 1. The number of hydrogen-bond donors (Lipinski definition) is 2. The normalized spacial score (nSPS) is 11.3. The van der Waals surface area contributed by atoms with Crippen LogP contribution in [0.15, 0.2) is 59.8 Å². The summed E-state index contributed by atoms with van der Waals surface area (Å²) in [7, 11) is -4.11. The number of hydrogen-bond acceptors (Lipinski definition) is 4. The summed E-state index contributed by atoms with van der Waals surface area (Å²) in [4.78, 5) is 11.1. The van der Waals surface area contributed by atoms with Gasteiger partial charge in [-0.1, -0.05) is 24.3 Å². The Labute approximate surface area is 148 Å². The van der Waals surface area contributed by atoms with E-state index in [1.807, 2.05) is 0 Å². The lowest BCUT2D eigenvalue weighted by Crippen LogP contribution is -2.16. The van der Waals surface area contributed by atoms with Crippen LogP contribution in [0.4, 0.5) is 10.1 Å². The standard InChI is InChI=1S/C17H14FN3O4S/c1-11-5-4-6-13(17(22)23)16(11)20-26(24,25)12-9-19-21(10-12)15-8-3-2-7-14(15)18/h2-10,20H,1H3,(H,22,23). The van der Waals surface area contributed by atoms with Crippen LogP contribution < -0.4 is 4.72 Å². The van der Waals surface area contributed by atoms with E-state index >= 15 is 0 Å². The highest BCUT2D eigenvalue weighted by Gasteiger charge is 2.22.